The van der Waals surface area contributed by atoms with Gasteiger partial charge in [-0.05, 0) is 30.0 Å². The van der Waals surface area contributed by atoms with Crippen LogP contribution < -0.4 is 5.32 Å². The van der Waals surface area contributed by atoms with Crippen molar-refractivity contribution in [2.45, 2.75) is 24.4 Å². The van der Waals surface area contributed by atoms with Crippen LogP contribution >= 0.6 is 34.7 Å². The number of thioether (sulfide) groups is 1. The molecule has 1 aliphatic rings. The summed E-state index contributed by atoms with van der Waals surface area (Å²) in [7, 11) is 0. The Labute approximate surface area is 177 Å². The first-order valence-corrected chi connectivity index (χ1v) is 11.4. The van der Waals surface area contributed by atoms with Crippen molar-refractivity contribution in [2.24, 2.45) is 0 Å². The number of hydrogen-bond acceptors (Lipinski definition) is 5. The fraction of sp³-hybridized carbons (Fsp3) is 0.238. The number of carbonyl (C=O) groups is 1. The maximum absolute atomic E-state index is 12.7. The van der Waals surface area contributed by atoms with Crippen molar-refractivity contribution in [3.63, 3.8) is 0 Å². The number of fused-ring (bicyclic) bond motifs is 1. The molecule has 1 aromatic heterocycles. The molecule has 0 bridgehead atoms. The Balaban J connectivity index is 1.45. The molecule has 0 saturated carbocycles. The first kappa shape index (κ1) is 19.5. The monoisotopic (exact) mass is 429 g/mol. The van der Waals surface area contributed by atoms with E-state index in [4.69, 9.17) is 11.6 Å². The van der Waals surface area contributed by atoms with Gasteiger partial charge >= 0.3 is 0 Å². The molecule has 0 radical (unpaired) electrons. The van der Waals surface area contributed by atoms with Gasteiger partial charge in [0.25, 0.3) is 5.91 Å². The second-order valence-electron chi connectivity index (χ2n) is 6.64. The van der Waals surface area contributed by atoms with Crippen LogP contribution in [0, 0.1) is 0 Å². The molecule has 2 aromatic carbocycles. The van der Waals surface area contributed by atoms with E-state index < -0.39 is 0 Å². The normalized spacial score (nSPS) is 13.9. The third kappa shape index (κ3) is 4.41. The van der Waals surface area contributed by atoms with Gasteiger partial charge in [0.05, 0.1) is 16.3 Å². The zero-order valence-corrected chi connectivity index (χ0v) is 17.8. The summed E-state index contributed by atoms with van der Waals surface area (Å²) in [5.74, 6) is -0.215. The van der Waals surface area contributed by atoms with E-state index in [-0.39, 0.29) is 5.91 Å². The number of nitrogens with zero attached hydrogens (tertiary/aromatic N) is 2. The fourth-order valence-electron chi connectivity index (χ4n) is 3.25. The number of nitrogens with one attached hydrogen (secondary N) is 1. The maximum atomic E-state index is 12.7. The summed E-state index contributed by atoms with van der Waals surface area (Å²) in [5, 5.41) is 4.02. The largest absolute Gasteiger partial charge is 0.298 e. The summed E-state index contributed by atoms with van der Waals surface area (Å²) in [5.41, 5.74) is 2.88. The molecule has 0 spiro atoms. The molecule has 0 fully saturated rings. The smallest absolute Gasteiger partial charge is 0.258 e. The number of rotatable bonds is 5. The second kappa shape index (κ2) is 8.66. The lowest BCUT2D eigenvalue weighted by Crippen LogP contribution is -2.29. The molecule has 4 rings (SSSR count). The molecular formula is C21H20ClN3OS2. The van der Waals surface area contributed by atoms with Gasteiger partial charge in [0.1, 0.15) is 0 Å². The molecule has 3 aromatic rings. The Kier molecular flexibility index (Phi) is 6.01. The van der Waals surface area contributed by atoms with Crippen molar-refractivity contribution in [1.29, 1.82) is 0 Å². The average Bonchev–Trinajstić information content (AvgIpc) is 3.10. The van der Waals surface area contributed by atoms with E-state index in [0.717, 1.165) is 36.6 Å². The van der Waals surface area contributed by atoms with Crippen molar-refractivity contribution in [1.82, 2.24) is 9.88 Å². The van der Waals surface area contributed by atoms with Crippen LogP contribution in [0.5, 0.6) is 0 Å². The highest BCUT2D eigenvalue weighted by Gasteiger charge is 2.22. The molecule has 0 atom stereocenters. The molecule has 1 aliphatic heterocycles. The summed E-state index contributed by atoms with van der Waals surface area (Å²) < 4.78 is 0. The number of anilines is 1. The average molecular weight is 430 g/mol. The zero-order valence-electron chi connectivity index (χ0n) is 15.4. The van der Waals surface area contributed by atoms with Gasteiger partial charge in [0, 0.05) is 35.8 Å². The molecule has 0 aliphatic carbocycles. The highest BCUT2D eigenvalue weighted by molar-refractivity contribution is 7.98. The van der Waals surface area contributed by atoms with Gasteiger partial charge in [-0.15, -0.1) is 23.1 Å². The zero-order chi connectivity index (χ0) is 19.5. The minimum Gasteiger partial charge on any atom is -0.298 e. The summed E-state index contributed by atoms with van der Waals surface area (Å²) in [6, 6.07) is 16.0. The number of amides is 1. The number of thiazole rings is 1. The van der Waals surface area contributed by atoms with Crippen LogP contribution in [-0.2, 0) is 19.5 Å². The third-order valence-electron chi connectivity index (χ3n) is 4.70. The Hall–Kier alpha value is -1.86. The molecule has 0 unspecified atom stereocenters. The summed E-state index contributed by atoms with van der Waals surface area (Å²) in [6.45, 7) is 2.76. The number of halogens is 1. The molecule has 2 heterocycles. The van der Waals surface area contributed by atoms with Crippen LogP contribution in [0.4, 0.5) is 5.13 Å². The Morgan fingerprint density at radius 2 is 2.11 bits per heavy atom. The molecule has 1 amide bonds. The van der Waals surface area contributed by atoms with Crippen molar-refractivity contribution < 1.29 is 4.79 Å². The molecule has 1 N–H and O–H groups in total. The first-order valence-electron chi connectivity index (χ1n) is 9.02. The van der Waals surface area contributed by atoms with E-state index in [1.165, 1.54) is 10.4 Å². The van der Waals surface area contributed by atoms with E-state index >= 15 is 0 Å². The Morgan fingerprint density at radius 3 is 2.89 bits per heavy atom. The summed E-state index contributed by atoms with van der Waals surface area (Å²) in [6.07, 6.45) is 2.87. The van der Waals surface area contributed by atoms with Gasteiger partial charge in [-0.25, -0.2) is 4.98 Å². The summed E-state index contributed by atoms with van der Waals surface area (Å²) >= 11 is 9.35. The molecule has 4 nitrogen and oxygen atoms in total. The number of benzene rings is 2. The molecule has 28 heavy (non-hydrogen) atoms. The van der Waals surface area contributed by atoms with Crippen molar-refractivity contribution in [2.75, 3.05) is 18.1 Å². The van der Waals surface area contributed by atoms with E-state index in [1.54, 1.807) is 29.2 Å². The topological polar surface area (TPSA) is 45.2 Å². The van der Waals surface area contributed by atoms with Crippen LogP contribution in [0.25, 0.3) is 0 Å². The number of carbonyl (C=O) groups excluding carboxylic acids is 1. The predicted octanol–water partition coefficient (Wildman–Crippen LogP) is 5.33. The minimum absolute atomic E-state index is 0.215. The van der Waals surface area contributed by atoms with Gasteiger partial charge in [-0.3, -0.25) is 15.0 Å². The highest BCUT2D eigenvalue weighted by atomic mass is 35.5. The quantitative estimate of drug-likeness (QED) is 0.557. The van der Waals surface area contributed by atoms with Crippen molar-refractivity contribution >= 4 is 45.7 Å². The fourth-order valence-corrected chi connectivity index (χ4v) is 4.94. The van der Waals surface area contributed by atoms with Gasteiger partial charge in [-0.1, -0.05) is 41.9 Å². The van der Waals surface area contributed by atoms with Gasteiger partial charge in [-0.2, -0.15) is 0 Å². The first-order chi connectivity index (χ1) is 13.6. The SMILES string of the molecule is CSc1ccc(Cl)c(C(=O)Nc2nc3c(s2)CN(Cc2ccccc2)CC3)c1. The predicted molar refractivity (Wildman–Crippen MR) is 118 cm³/mol. The third-order valence-corrected chi connectivity index (χ3v) is 6.75. The number of aromatic nitrogens is 1. The van der Waals surface area contributed by atoms with Crippen molar-refractivity contribution in [3.8, 4) is 0 Å². The van der Waals surface area contributed by atoms with E-state index in [0.29, 0.717) is 15.7 Å². The van der Waals surface area contributed by atoms with Gasteiger partial charge < -0.3 is 0 Å². The molecule has 144 valence electrons. The molecular weight excluding hydrogens is 410 g/mol. The van der Waals surface area contributed by atoms with Gasteiger partial charge in [0.15, 0.2) is 5.13 Å². The Bertz CT molecular complexity index is 991. The lowest BCUT2D eigenvalue weighted by atomic mass is 10.1. The van der Waals surface area contributed by atoms with Crippen LogP contribution in [0.1, 0.15) is 26.5 Å². The van der Waals surface area contributed by atoms with Crippen LogP contribution in [-0.4, -0.2) is 28.6 Å². The van der Waals surface area contributed by atoms with E-state index in [1.807, 2.05) is 24.5 Å². The summed E-state index contributed by atoms with van der Waals surface area (Å²) in [4.78, 5) is 22.0. The minimum atomic E-state index is -0.215. The van der Waals surface area contributed by atoms with E-state index in [2.05, 4.69) is 39.5 Å². The van der Waals surface area contributed by atoms with Crippen LogP contribution in [0.15, 0.2) is 53.4 Å². The molecule has 7 heteroatoms. The van der Waals surface area contributed by atoms with Gasteiger partial charge in [0.2, 0.25) is 0 Å². The highest BCUT2D eigenvalue weighted by Crippen LogP contribution is 2.30. The maximum Gasteiger partial charge on any atom is 0.258 e. The number of hydrogen-bond donors (Lipinski definition) is 1. The second-order valence-corrected chi connectivity index (χ2v) is 9.01. The van der Waals surface area contributed by atoms with E-state index in [9.17, 15) is 4.79 Å². The lowest BCUT2D eigenvalue weighted by molar-refractivity contribution is 0.102. The standard InChI is InChI=1S/C21H20ClN3OS2/c1-27-15-7-8-17(22)16(11-15)20(26)24-21-23-18-9-10-25(13-19(18)28-21)12-14-5-3-2-4-6-14/h2-8,11H,9-10,12-13H2,1H3,(H,23,24,26). The lowest BCUT2D eigenvalue weighted by Gasteiger charge is -2.25. The Morgan fingerprint density at radius 1 is 1.29 bits per heavy atom. The van der Waals surface area contributed by atoms with Crippen LogP contribution in [0.2, 0.25) is 5.02 Å². The molecule has 0 saturated heterocycles. The van der Waals surface area contributed by atoms with Crippen molar-refractivity contribution in [3.05, 3.63) is 75.3 Å². The van der Waals surface area contributed by atoms with Crippen LogP contribution in [0.3, 0.4) is 0 Å².